The zero-order valence-corrected chi connectivity index (χ0v) is 22.8. The molecule has 2 aromatic rings. The van der Waals surface area contributed by atoms with Gasteiger partial charge in [-0.15, -0.1) is 0 Å². The van der Waals surface area contributed by atoms with Crippen LogP contribution >= 0.6 is 34.8 Å². The van der Waals surface area contributed by atoms with Crippen molar-refractivity contribution in [1.82, 2.24) is 30.0 Å². The maximum Gasteiger partial charge on any atom is 0.319 e. The average molecular weight is 563 g/mol. The first-order valence-electron chi connectivity index (χ1n) is 11.6. The van der Waals surface area contributed by atoms with Gasteiger partial charge in [0.05, 0.1) is 10.0 Å². The van der Waals surface area contributed by atoms with E-state index in [-0.39, 0.29) is 11.6 Å². The molecular formula is C25H26Cl3N7O2. The number of aryl methyl sites for hydroxylation is 1. The smallest absolute Gasteiger partial charge is 0.319 e. The number of likely N-dealkylation sites (N-methyl/N-ethyl adjacent to an activating group) is 1. The second kappa shape index (κ2) is 11.5. The van der Waals surface area contributed by atoms with Gasteiger partial charge in [0, 0.05) is 35.9 Å². The Hall–Kier alpha value is -3.11. The Labute approximate surface area is 229 Å². The summed E-state index contributed by atoms with van der Waals surface area (Å²) in [5.41, 5.74) is 2.63. The molecule has 9 nitrogen and oxygen atoms in total. The standard InChI is InChI=1S/C25H26Cl3N7O2/c1-4-19-21-23(35(33-19)22-17(27)12-15(26)13-18(22)28)31-20(32-24(21)36)11-14-5-7-16(8-6-14)30-25(37)29-9-10-34(2)3/h5-8,12-13,33H,4,9-11H2,1-3H3,(H2,29,30,37). The summed E-state index contributed by atoms with van der Waals surface area (Å²) in [6.45, 7) is 3.21. The van der Waals surface area contributed by atoms with Crippen molar-refractivity contribution in [2.24, 2.45) is 0 Å². The second-order valence-electron chi connectivity index (χ2n) is 8.70. The summed E-state index contributed by atoms with van der Waals surface area (Å²) in [4.78, 5) is 35.9. The Kier molecular flexibility index (Phi) is 8.39. The molecule has 2 aliphatic heterocycles. The number of rotatable bonds is 8. The normalized spacial score (nSPS) is 11.3. The van der Waals surface area contributed by atoms with Crippen LogP contribution in [0.1, 0.15) is 24.0 Å². The minimum atomic E-state index is -0.388. The van der Waals surface area contributed by atoms with E-state index in [2.05, 4.69) is 25.7 Å². The molecule has 3 N–H and O–H groups in total. The van der Waals surface area contributed by atoms with Gasteiger partial charge in [-0.25, -0.2) is 14.5 Å². The van der Waals surface area contributed by atoms with Crippen LogP contribution in [0.2, 0.25) is 15.1 Å². The molecule has 37 heavy (non-hydrogen) atoms. The Bertz CT molecular complexity index is 1420. The van der Waals surface area contributed by atoms with Gasteiger partial charge in [0.2, 0.25) is 0 Å². The number of H-pyrrole nitrogens is 1. The molecule has 0 aromatic heterocycles. The molecule has 0 unspecified atom stereocenters. The fourth-order valence-electron chi connectivity index (χ4n) is 3.84. The number of nitrogens with one attached hydrogen (secondary N) is 3. The van der Waals surface area contributed by atoms with Gasteiger partial charge in [0.1, 0.15) is 17.1 Å². The summed E-state index contributed by atoms with van der Waals surface area (Å²) in [6.07, 6.45) is 0.872. The van der Waals surface area contributed by atoms with Gasteiger partial charge in [0.25, 0.3) is 5.56 Å². The van der Waals surface area contributed by atoms with Gasteiger partial charge in [-0.2, -0.15) is 4.98 Å². The van der Waals surface area contributed by atoms with Crippen molar-refractivity contribution >= 4 is 46.5 Å². The summed E-state index contributed by atoms with van der Waals surface area (Å²) in [6, 6.07) is 10.2. The highest BCUT2D eigenvalue weighted by Crippen LogP contribution is 2.35. The molecular weight excluding hydrogens is 537 g/mol. The third-order valence-electron chi connectivity index (χ3n) is 5.64. The summed E-state index contributed by atoms with van der Waals surface area (Å²) >= 11 is 19.0. The lowest BCUT2D eigenvalue weighted by atomic mass is 10.1. The second-order valence-corrected chi connectivity index (χ2v) is 9.95. The van der Waals surface area contributed by atoms with E-state index in [1.807, 2.05) is 38.1 Å². The Balaban J connectivity index is 1.60. The van der Waals surface area contributed by atoms with Gasteiger partial charge >= 0.3 is 6.03 Å². The molecule has 0 fully saturated rings. The average Bonchev–Trinajstić information content (AvgIpc) is 3.18. The number of fused-ring (bicyclic) bond motifs is 1. The molecule has 2 aliphatic rings. The van der Waals surface area contributed by atoms with Crippen LogP contribution in [0.5, 0.6) is 0 Å². The zero-order valence-electron chi connectivity index (χ0n) is 20.5. The van der Waals surface area contributed by atoms with Crippen molar-refractivity contribution in [2.75, 3.05) is 32.5 Å². The molecule has 0 bridgehead atoms. The lowest BCUT2D eigenvalue weighted by molar-refractivity contribution is 0.250. The molecule has 0 atom stereocenters. The maximum atomic E-state index is 13.0. The van der Waals surface area contributed by atoms with E-state index in [0.717, 1.165) is 12.1 Å². The van der Waals surface area contributed by atoms with E-state index in [1.54, 1.807) is 28.9 Å². The van der Waals surface area contributed by atoms with Crippen LogP contribution in [0.4, 0.5) is 10.5 Å². The molecule has 2 heterocycles. The third kappa shape index (κ3) is 6.24. The fourth-order valence-corrected chi connectivity index (χ4v) is 4.83. The van der Waals surface area contributed by atoms with E-state index < -0.39 is 0 Å². The van der Waals surface area contributed by atoms with Crippen molar-refractivity contribution in [3.8, 4) is 17.1 Å². The third-order valence-corrected chi connectivity index (χ3v) is 6.44. The van der Waals surface area contributed by atoms with Crippen LogP contribution in [0, 0.1) is 0 Å². The molecule has 4 rings (SSSR count). The number of amides is 2. The topological polar surface area (TPSA) is 108 Å². The van der Waals surface area contributed by atoms with E-state index in [0.29, 0.717) is 68.7 Å². The summed E-state index contributed by atoms with van der Waals surface area (Å²) < 4.78 is 1.60. The lowest BCUT2D eigenvalue weighted by Gasteiger charge is -2.12. The largest absolute Gasteiger partial charge is 0.337 e. The van der Waals surface area contributed by atoms with Crippen LogP contribution in [-0.4, -0.2) is 57.9 Å². The molecule has 2 aromatic carbocycles. The highest BCUT2D eigenvalue weighted by Gasteiger charge is 2.25. The lowest BCUT2D eigenvalue weighted by Crippen LogP contribution is -2.34. The molecule has 0 aliphatic carbocycles. The number of carbonyl (C=O) groups excluding carboxylic acids is 1. The fraction of sp³-hybridized carbons (Fsp3) is 0.280. The van der Waals surface area contributed by atoms with Gasteiger partial charge in [-0.05, 0) is 50.3 Å². The number of carbonyl (C=O) groups is 1. The van der Waals surface area contributed by atoms with E-state index in [9.17, 15) is 9.59 Å². The number of hydrogen-bond donors (Lipinski definition) is 3. The SMILES string of the molecule is CCc1[nH]n(-c2c(Cl)cc(Cl)cc2Cl)c2nc(Cc3ccc(NC(=O)NCCN(C)C)cc3)nc(=O)c1-2. The van der Waals surface area contributed by atoms with Crippen LogP contribution in [0.3, 0.4) is 0 Å². The number of aromatic amines is 1. The molecule has 194 valence electrons. The minimum absolute atomic E-state index is 0.275. The number of benzene rings is 2. The quantitative estimate of drug-likeness (QED) is 0.284. The van der Waals surface area contributed by atoms with Crippen LogP contribution in [-0.2, 0) is 12.8 Å². The summed E-state index contributed by atoms with van der Waals surface area (Å²) in [5, 5.41) is 9.81. The Morgan fingerprint density at radius 1 is 1.08 bits per heavy atom. The van der Waals surface area contributed by atoms with Crippen LogP contribution in [0.15, 0.2) is 41.2 Å². The van der Waals surface area contributed by atoms with Crippen molar-refractivity contribution < 1.29 is 4.79 Å². The van der Waals surface area contributed by atoms with Gasteiger partial charge in [-0.1, -0.05) is 53.9 Å². The summed E-state index contributed by atoms with van der Waals surface area (Å²) in [5.74, 6) is 0.724. The predicted octanol–water partition coefficient (Wildman–Crippen LogP) is 4.86. The van der Waals surface area contributed by atoms with Crippen LogP contribution < -0.4 is 16.2 Å². The number of halogens is 3. The predicted molar refractivity (Wildman–Crippen MR) is 148 cm³/mol. The highest BCUT2D eigenvalue weighted by atomic mass is 35.5. The number of anilines is 1. The molecule has 0 saturated carbocycles. The first kappa shape index (κ1) is 26.9. The Morgan fingerprint density at radius 2 is 1.76 bits per heavy atom. The van der Waals surface area contributed by atoms with Crippen molar-refractivity contribution in [3.05, 3.63) is 78.9 Å². The van der Waals surface area contributed by atoms with Gasteiger partial charge in [0.15, 0.2) is 5.82 Å². The first-order chi connectivity index (χ1) is 17.7. The van der Waals surface area contributed by atoms with Crippen molar-refractivity contribution in [2.45, 2.75) is 19.8 Å². The molecule has 12 heteroatoms. The molecule has 0 spiro atoms. The first-order valence-corrected chi connectivity index (χ1v) is 12.7. The van der Waals surface area contributed by atoms with Crippen molar-refractivity contribution in [1.29, 1.82) is 0 Å². The maximum absolute atomic E-state index is 13.0. The number of urea groups is 1. The summed E-state index contributed by atoms with van der Waals surface area (Å²) in [7, 11) is 3.88. The van der Waals surface area contributed by atoms with Crippen LogP contribution in [0.25, 0.3) is 17.1 Å². The molecule has 2 amide bonds. The van der Waals surface area contributed by atoms with Crippen molar-refractivity contribution in [3.63, 3.8) is 0 Å². The Morgan fingerprint density at radius 3 is 2.38 bits per heavy atom. The highest BCUT2D eigenvalue weighted by molar-refractivity contribution is 6.40. The van der Waals surface area contributed by atoms with Gasteiger partial charge < -0.3 is 15.5 Å². The van der Waals surface area contributed by atoms with E-state index in [4.69, 9.17) is 34.8 Å². The number of nitrogens with zero attached hydrogens (tertiary/aromatic N) is 4. The molecule has 0 radical (unpaired) electrons. The van der Waals surface area contributed by atoms with Gasteiger partial charge in [-0.3, -0.25) is 9.89 Å². The number of hydrogen-bond acceptors (Lipinski definition) is 5. The number of aromatic nitrogens is 4. The molecule has 0 saturated heterocycles. The van der Waals surface area contributed by atoms with E-state index >= 15 is 0 Å². The zero-order chi connectivity index (χ0) is 26.7. The minimum Gasteiger partial charge on any atom is -0.337 e. The monoisotopic (exact) mass is 561 g/mol. The van der Waals surface area contributed by atoms with E-state index in [1.165, 1.54) is 0 Å².